The van der Waals surface area contributed by atoms with Crippen molar-refractivity contribution in [1.82, 2.24) is 15.2 Å². The fourth-order valence-corrected chi connectivity index (χ4v) is 2.91. The lowest BCUT2D eigenvalue weighted by Crippen LogP contribution is -2.31. The number of phenols is 1. The van der Waals surface area contributed by atoms with Crippen LogP contribution >= 0.6 is 0 Å². The number of aryl methyl sites for hydroxylation is 1. The molecule has 9 nitrogen and oxygen atoms in total. The van der Waals surface area contributed by atoms with E-state index in [1.807, 2.05) is 13.0 Å². The number of ether oxygens (including phenoxy) is 1. The van der Waals surface area contributed by atoms with Gasteiger partial charge in [0.1, 0.15) is 11.6 Å². The van der Waals surface area contributed by atoms with Gasteiger partial charge >= 0.3 is 0 Å². The van der Waals surface area contributed by atoms with E-state index in [-0.39, 0.29) is 22.6 Å². The van der Waals surface area contributed by atoms with Crippen molar-refractivity contribution in [3.05, 3.63) is 80.8 Å². The van der Waals surface area contributed by atoms with E-state index in [9.17, 15) is 20.0 Å². The normalized spacial score (nSPS) is 10.7. The molecule has 3 aromatic rings. The van der Waals surface area contributed by atoms with E-state index >= 15 is 0 Å². The van der Waals surface area contributed by atoms with E-state index in [4.69, 9.17) is 4.74 Å². The predicted molar refractivity (Wildman–Crippen MR) is 118 cm³/mol. The second-order valence-corrected chi connectivity index (χ2v) is 6.87. The number of aromatic nitrogens is 2. The van der Waals surface area contributed by atoms with Crippen LogP contribution in [-0.2, 0) is 0 Å². The fraction of sp³-hybridized carbons (Fsp3) is 0.174. The number of aromatic hydroxyl groups is 1. The molecular weight excluding hydrogens is 410 g/mol. The number of amides is 1. The second-order valence-electron chi connectivity index (χ2n) is 6.87. The highest BCUT2D eigenvalue weighted by atomic mass is 16.5. The van der Waals surface area contributed by atoms with E-state index in [0.717, 1.165) is 10.2 Å². The summed E-state index contributed by atoms with van der Waals surface area (Å²) >= 11 is 0. The Labute approximate surface area is 184 Å². The molecule has 0 aliphatic heterocycles. The summed E-state index contributed by atoms with van der Waals surface area (Å²) in [6.45, 7) is 5.56. The number of benzene rings is 2. The van der Waals surface area contributed by atoms with Crippen LogP contribution in [0.4, 0.5) is 0 Å². The number of carbonyl (C=O) groups excluding carboxylic acids is 1. The lowest BCUT2D eigenvalue weighted by atomic mass is 10.1. The number of nitriles is 1. The third kappa shape index (κ3) is 4.65. The Bertz CT molecular complexity index is 1290. The van der Waals surface area contributed by atoms with E-state index in [0.29, 0.717) is 23.6 Å². The molecule has 162 valence electrons. The molecule has 32 heavy (non-hydrogen) atoms. The maximum atomic E-state index is 12.7. The van der Waals surface area contributed by atoms with Crippen LogP contribution in [-0.4, -0.2) is 33.6 Å². The van der Waals surface area contributed by atoms with Gasteiger partial charge in [-0.05, 0) is 56.7 Å². The summed E-state index contributed by atoms with van der Waals surface area (Å²) < 4.78 is 6.34. The van der Waals surface area contributed by atoms with Gasteiger partial charge in [0.25, 0.3) is 11.5 Å². The van der Waals surface area contributed by atoms with Gasteiger partial charge in [-0.2, -0.15) is 20.1 Å². The van der Waals surface area contributed by atoms with Crippen LogP contribution in [0.5, 0.6) is 11.5 Å². The summed E-state index contributed by atoms with van der Waals surface area (Å²) in [5.41, 5.74) is 3.64. The topological polar surface area (TPSA) is 130 Å². The Kier molecular flexibility index (Phi) is 6.65. The second kappa shape index (κ2) is 9.57. The minimum absolute atomic E-state index is 0.00439. The van der Waals surface area contributed by atoms with Crippen LogP contribution in [0.2, 0.25) is 0 Å². The van der Waals surface area contributed by atoms with E-state index in [1.54, 1.807) is 43.3 Å². The van der Waals surface area contributed by atoms with Crippen molar-refractivity contribution in [2.75, 3.05) is 6.61 Å². The Morgan fingerprint density at radius 2 is 2.00 bits per heavy atom. The van der Waals surface area contributed by atoms with Crippen LogP contribution in [0.25, 0.3) is 5.69 Å². The average molecular weight is 431 g/mol. The van der Waals surface area contributed by atoms with Gasteiger partial charge in [-0.15, -0.1) is 0 Å². The summed E-state index contributed by atoms with van der Waals surface area (Å²) in [7, 11) is 0. The zero-order valence-electron chi connectivity index (χ0n) is 17.8. The molecule has 0 fully saturated rings. The zero-order chi connectivity index (χ0) is 23.3. The molecule has 2 N–H and O–H groups in total. The summed E-state index contributed by atoms with van der Waals surface area (Å²) in [4.78, 5) is 25.4. The highest BCUT2D eigenvalue weighted by molar-refractivity contribution is 5.94. The molecule has 1 heterocycles. The van der Waals surface area contributed by atoms with Gasteiger partial charge < -0.3 is 9.84 Å². The molecule has 0 saturated heterocycles. The lowest BCUT2D eigenvalue weighted by molar-refractivity contribution is 0.0947. The van der Waals surface area contributed by atoms with Gasteiger partial charge in [-0.25, -0.2) is 5.43 Å². The Morgan fingerprint density at radius 1 is 1.28 bits per heavy atom. The number of hydrazone groups is 1. The smallest absolute Gasteiger partial charge is 0.292 e. The molecule has 0 spiro atoms. The Hall–Kier alpha value is -4.45. The maximum Gasteiger partial charge on any atom is 0.292 e. The van der Waals surface area contributed by atoms with Crippen LogP contribution in [0.3, 0.4) is 0 Å². The summed E-state index contributed by atoms with van der Waals surface area (Å²) in [6, 6.07) is 13.4. The van der Waals surface area contributed by atoms with Gasteiger partial charge in [0, 0.05) is 5.56 Å². The molecule has 0 radical (unpaired) electrons. The number of rotatable bonds is 6. The van der Waals surface area contributed by atoms with Crippen molar-refractivity contribution < 1.29 is 14.6 Å². The molecule has 9 heteroatoms. The minimum atomic E-state index is -0.681. The predicted octanol–water partition coefficient (Wildman–Crippen LogP) is 2.59. The van der Waals surface area contributed by atoms with E-state index in [2.05, 4.69) is 15.6 Å². The Morgan fingerprint density at radius 3 is 2.66 bits per heavy atom. The molecule has 0 aliphatic rings. The molecule has 0 atom stereocenters. The molecular formula is C23H21N5O4. The number of hydrogen-bond acceptors (Lipinski definition) is 7. The van der Waals surface area contributed by atoms with Crippen molar-refractivity contribution in [1.29, 1.82) is 5.26 Å². The standard InChI is InChI=1S/C23H21N5O4/c1-4-32-20-11-16(7-10-19(20)29)13-25-26-22(30)21-15(3)18(12-24)23(31)28(27-21)17-8-5-14(2)6-9-17/h5-11,13,29H,4H2,1-3H3,(H,26,30)/b25-13+. The number of nitrogens with one attached hydrogen (secondary N) is 1. The summed E-state index contributed by atoms with van der Waals surface area (Å²) in [5.74, 6) is -0.390. The van der Waals surface area contributed by atoms with Crippen molar-refractivity contribution in [3.63, 3.8) is 0 Å². The van der Waals surface area contributed by atoms with Gasteiger partial charge in [0.2, 0.25) is 0 Å². The van der Waals surface area contributed by atoms with Crippen molar-refractivity contribution in [2.24, 2.45) is 5.10 Å². The van der Waals surface area contributed by atoms with Gasteiger partial charge in [0.15, 0.2) is 17.2 Å². The number of nitrogens with zero attached hydrogens (tertiary/aromatic N) is 4. The molecule has 2 aromatic carbocycles. The average Bonchev–Trinajstić information content (AvgIpc) is 2.77. The maximum absolute atomic E-state index is 12.7. The quantitative estimate of drug-likeness (QED) is 0.456. The van der Waals surface area contributed by atoms with Crippen molar-refractivity contribution in [2.45, 2.75) is 20.8 Å². The van der Waals surface area contributed by atoms with Gasteiger partial charge in [0.05, 0.1) is 18.5 Å². The first-order valence-electron chi connectivity index (χ1n) is 9.76. The first-order chi connectivity index (χ1) is 15.3. The van der Waals surface area contributed by atoms with Gasteiger partial charge in [-0.1, -0.05) is 17.7 Å². The molecule has 0 bridgehead atoms. The van der Waals surface area contributed by atoms with Crippen LogP contribution in [0, 0.1) is 25.2 Å². The molecule has 3 rings (SSSR count). The van der Waals surface area contributed by atoms with Crippen LogP contribution in [0.1, 0.15) is 39.7 Å². The number of phenolic OH excluding ortho intramolecular Hbond substituents is 1. The highest BCUT2D eigenvalue weighted by Crippen LogP contribution is 2.26. The zero-order valence-corrected chi connectivity index (χ0v) is 17.8. The third-order valence-electron chi connectivity index (χ3n) is 4.61. The molecule has 0 aliphatic carbocycles. The fourth-order valence-electron chi connectivity index (χ4n) is 2.91. The first kappa shape index (κ1) is 22.2. The van der Waals surface area contributed by atoms with Crippen LogP contribution in [0.15, 0.2) is 52.4 Å². The van der Waals surface area contributed by atoms with Crippen molar-refractivity contribution in [3.8, 4) is 23.3 Å². The highest BCUT2D eigenvalue weighted by Gasteiger charge is 2.20. The largest absolute Gasteiger partial charge is 0.504 e. The number of carbonyl (C=O) groups is 1. The summed E-state index contributed by atoms with van der Waals surface area (Å²) in [5, 5.41) is 27.3. The molecule has 1 aromatic heterocycles. The van der Waals surface area contributed by atoms with Crippen molar-refractivity contribution >= 4 is 12.1 Å². The first-order valence-corrected chi connectivity index (χ1v) is 9.76. The Balaban J connectivity index is 1.91. The van der Waals surface area contributed by atoms with Gasteiger partial charge in [-0.3, -0.25) is 9.59 Å². The summed E-state index contributed by atoms with van der Waals surface area (Å²) in [6.07, 6.45) is 1.37. The third-order valence-corrected chi connectivity index (χ3v) is 4.61. The lowest BCUT2D eigenvalue weighted by Gasteiger charge is -2.10. The van der Waals surface area contributed by atoms with Crippen LogP contribution < -0.4 is 15.7 Å². The molecule has 0 saturated carbocycles. The molecule has 0 unspecified atom stereocenters. The SMILES string of the molecule is CCOc1cc(/C=N/NC(=O)c2nn(-c3ccc(C)cc3)c(=O)c(C#N)c2C)ccc1O. The van der Waals surface area contributed by atoms with E-state index < -0.39 is 11.5 Å². The minimum Gasteiger partial charge on any atom is -0.504 e. The van der Waals surface area contributed by atoms with E-state index in [1.165, 1.54) is 19.2 Å². The monoisotopic (exact) mass is 431 g/mol. The molecule has 1 amide bonds. The number of hydrogen-bond donors (Lipinski definition) is 2.